The van der Waals surface area contributed by atoms with Gasteiger partial charge in [0.1, 0.15) is 11.9 Å². The average molecular weight is 453 g/mol. The quantitative estimate of drug-likeness (QED) is 0.618. The number of imide groups is 1. The molecular formula is C23H18ClFN4O3. The van der Waals surface area contributed by atoms with Crippen molar-refractivity contribution in [2.75, 3.05) is 0 Å². The molecule has 1 saturated heterocycles. The summed E-state index contributed by atoms with van der Waals surface area (Å²) in [5.41, 5.74) is 4.05. The monoisotopic (exact) mass is 452 g/mol. The van der Waals surface area contributed by atoms with Crippen LogP contribution in [0.25, 0.3) is 22.5 Å². The third-order valence-corrected chi connectivity index (χ3v) is 6.23. The van der Waals surface area contributed by atoms with Crippen molar-refractivity contribution in [1.29, 1.82) is 0 Å². The first kappa shape index (κ1) is 20.4. The van der Waals surface area contributed by atoms with Crippen LogP contribution in [0.15, 0.2) is 42.7 Å². The lowest BCUT2D eigenvalue weighted by molar-refractivity contribution is -0.136. The van der Waals surface area contributed by atoms with Gasteiger partial charge >= 0.3 is 0 Å². The predicted octanol–water partition coefficient (Wildman–Crippen LogP) is 3.31. The van der Waals surface area contributed by atoms with Crippen LogP contribution in [0.1, 0.15) is 28.8 Å². The number of carbonyl (C=O) groups is 3. The number of imidazole rings is 1. The van der Waals surface area contributed by atoms with Crippen molar-refractivity contribution in [2.45, 2.75) is 25.4 Å². The molecule has 0 spiro atoms. The van der Waals surface area contributed by atoms with E-state index in [0.29, 0.717) is 28.9 Å². The highest BCUT2D eigenvalue weighted by Gasteiger charge is 2.39. The number of amides is 3. The number of rotatable bonds is 3. The van der Waals surface area contributed by atoms with Crippen LogP contribution in [-0.2, 0) is 23.2 Å². The Bertz CT molecular complexity index is 1300. The lowest BCUT2D eigenvalue weighted by Gasteiger charge is -2.29. The van der Waals surface area contributed by atoms with E-state index in [1.165, 1.54) is 17.0 Å². The molecule has 3 aromatic rings. The maximum Gasteiger partial charge on any atom is 0.255 e. The Kier molecular flexibility index (Phi) is 4.82. The van der Waals surface area contributed by atoms with Crippen molar-refractivity contribution in [2.24, 2.45) is 7.05 Å². The fourth-order valence-electron chi connectivity index (χ4n) is 4.35. The smallest absolute Gasteiger partial charge is 0.255 e. The topological polar surface area (TPSA) is 84.3 Å². The van der Waals surface area contributed by atoms with E-state index in [2.05, 4.69) is 10.3 Å². The summed E-state index contributed by atoms with van der Waals surface area (Å²) in [5.74, 6) is -1.52. The lowest BCUT2D eigenvalue weighted by Crippen LogP contribution is -2.52. The van der Waals surface area contributed by atoms with Gasteiger partial charge in [0, 0.05) is 36.7 Å². The first-order chi connectivity index (χ1) is 15.3. The summed E-state index contributed by atoms with van der Waals surface area (Å²) in [4.78, 5) is 42.6. The van der Waals surface area contributed by atoms with E-state index in [4.69, 9.17) is 11.6 Å². The summed E-state index contributed by atoms with van der Waals surface area (Å²) >= 11 is 5.83. The van der Waals surface area contributed by atoms with Crippen molar-refractivity contribution >= 4 is 29.3 Å². The van der Waals surface area contributed by atoms with Crippen molar-refractivity contribution < 1.29 is 18.8 Å². The van der Waals surface area contributed by atoms with E-state index in [9.17, 15) is 18.8 Å². The molecule has 1 aromatic heterocycles. The molecule has 2 aromatic carbocycles. The van der Waals surface area contributed by atoms with Crippen molar-refractivity contribution in [1.82, 2.24) is 19.8 Å². The molecule has 162 valence electrons. The van der Waals surface area contributed by atoms with Gasteiger partial charge in [0.25, 0.3) is 5.91 Å². The normalized spacial score (nSPS) is 18.2. The fraction of sp³-hybridized carbons (Fsp3) is 0.217. The van der Waals surface area contributed by atoms with Gasteiger partial charge in [-0.3, -0.25) is 19.7 Å². The zero-order valence-corrected chi connectivity index (χ0v) is 17.8. The molecule has 1 fully saturated rings. The van der Waals surface area contributed by atoms with Gasteiger partial charge in [-0.1, -0.05) is 23.7 Å². The van der Waals surface area contributed by atoms with Crippen molar-refractivity contribution in [3.63, 3.8) is 0 Å². The summed E-state index contributed by atoms with van der Waals surface area (Å²) in [5, 5.41) is 2.35. The molecule has 0 radical (unpaired) electrons. The summed E-state index contributed by atoms with van der Waals surface area (Å²) in [7, 11) is 1.82. The van der Waals surface area contributed by atoms with Crippen LogP contribution in [0.5, 0.6) is 0 Å². The second-order valence-corrected chi connectivity index (χ2v) is 8.36. The second kappa shape index (κ2) is 7.56. The van der Waals surface area contributed by atoms with Crippen LogP contribution < -0.4 is 5.32 Å². The van der Waals surface area contributed by atoms with Gasteiger partial charge in [-0.25, -0.2) is 9.37 Å². The number of nitrogens with zero attached hydrogens (tertiary/aromatic N) is 3. The Morgan fingerprint density at radius 2 is 1.91 bits per heavy atom. The molecule has 7 nitrogen and oxygen atoms in total. The van der Waals surface area contributed by atoms with Gasteiger partial charge in [0.2, 0.25) is 11.8 Å². The Morgan fingerprint density at radius 3 is 2.66 bits per heavy atom. The highest BCUT2D eigenvalue weighted by atomic mass is 35.5. The molecule has 5 rings (SSSR count). The minimum absolute atomic E-state index is 0.0436. The first-order valence-corrected chi connectivity index (χ1v) is 10.5. The summed E-state index contributed by atoms with van der Waals surface area (Å²) in [6.45, 7) is 0.270. The average Bonchev–Trinajstić information content (AvgIpc) is 3.30. The summed E-state index contributed by atoms with van der Waals surface area (Å²) in [6, 6.07) is 9.32. The van der Waals surface area contributed by atoms with E-state index < -0.39 is 17.8 Å². The molecule has 9 heteroatoms. The number of aromatic nitrogens is 2. The van der Waals surface area contributed by atoms with E-state index >= 15 is 0 Å². The predicted molar refractivity (Wildman–Crippen MR) is 115 cm³/mol. The van der Waals surface area contributed by atoms with Crippen molar-refractivity contribution in [3.8, 4) is 22.5 Å². The molecular weight excluding hydrogens is 435 g/mol. The third-order valence-electron chi connectivity index (χ3n) is 5.93. The van der Waals surface area contributed by atoms with E-state index in [1.807, 2.05) is 13.1 Å². The minimum Gasteiger partial charge on any atom is -0.333 e. The lowest BCUT2D eigenvalue weighted by atomic mass is 10.0. The highest BCUT2D eigenvalue weighted by Crippen LogP contribution is 2.35. The maximum absolute atomic E-state index is 14.1. The molecule has 2 aliphatic heterocycles. The standard InChI is InChI=1S/C23H18ClFN4O3/c1-28-11-26-20(21(28)13-3-5-16(24)17(25)9-13)12-2-4-15-14(8-12)10-29(23(15)32)18-6-7-19(30)27-22(18)31/h2-5,8-9,11,18H,6-7,10H2,1H3,(H,27,30,31). The third kappa shape index (κ3) is 3.27. The van der Waals surface area contributed by atoms with Crippen LogP contribution in [0.2, 0.25) is 5.02 Å². The first-order valence-electron chi connectivity index (χ1n) is 10.1. The van der Waals surface area contributed by atoms with E-state index in [-0.39, 0.29) is 29.8 Å². The number of fused-ring (bicyclic) bond motifs is 1. The van der Waals surface area contributed by atoms with Gasteiger partial charge < -0.3 is 9.47 Å². The van der Waals surface area contributed by atoms with E-state index in [1.54, 1.807) is 29.1 Å². The van der Waals surface area contributed by atoms with Gasteiger partial charge in [0.05, 0.1) is 22.7 Å². The largest absolute Gasteiger partial charge is 0.333 e. The Hall–Kier alpha value is -3.52. The number of halogens is 2. The molecule has 0 aliphatic carbocycles. The van der Waals surface area contributed by atoms with E-state index in [0.717, 1.165) is 11.1 Å². The molecule has 0 bridgehead atoms. The van der Waals surface area contributed by atoms with Gasteiger partial charge in [-0.2, -0.15) is 0 Å². The fourth-order valence-corrected chi connectivity index (χ4v) is 4.46. The number of benzene rings is 2. The van der Waals surface area contributed by atoms with Gasteiger partial charge in [0.15, 0.2) is 0 Å². The summed E-state index contributed by atoms with van der Waals surface area (Å²) in [6.07, 6.45) is 2.16. The number of carbonyl (C=O) groups excluding carboxylic acids is 3. The van der Waals surface area contributed by atoms with Gasteiger partial charge in [-0.05, 0) is 36.2 Å². The number of hydrogen-bond donors (Lipinski definition) is 1. The number of aryl methyl sites for hydroxylation is 1. The minimum atomic E-state index is -0.668. The zero-order chi connectivity index (χ0) is 22.6. The zero-order valence-electron chi connectivity index (χ0n) is 17.1. The van der Waals surface area contributed by atoms with Crippen LogP contribution in [-0.4, -0.2) is 38.2 Å². The van der Waals surface area contributed by atoms with Crippen LogP contribution in [0.3, 0.4) is 0 Å². The molecule has 1 N–H and O–H groups in total. The highest BCUT2D eigenvalue weighted by molar-refractivity contribution is 6.30. The van der Waals surface area contributed by atoms with Crippen LogP contribution >= 0.6 is 11.6 Å². The Morgan fingerprint density at radius 1 is 1.12 bits per heavy atom. The summed E-state index contributed by atoms with van der Waals surface area (Å²) < 4.78 is 15.9. The Labute approximate surface area is 187 Å². The number of piperidine rings is 1. The SMILES string of the molecule is Cn1cnc(-c2ccc3c(c2)CN(C2CCC(=O)NC2=O)C3=O)c1-c1ccc(Cl)c(F)c1. The molecule has 1 unspecified atom stereocenters. The number of nitrogens with one attached hydrogen (secondary N) is 1. The molecule has 32 heavy (non-hydrogen) atoms. The Balaban J connectivity index is 1.50. The van der Waals surface area contributed by atoms with Crippen molar-refractivity contribution in [3.05, 3.63) is 64.7 Å². The maximum atomic E-state index is 14.1. The molecule has 3 heterocycles. The molecule has 3 amide bonds. The molecule has 2 aliphatic rings. The van der Waals surface area contributed by atoms with Crippen LogP contribution in [0, 0.1) is 5.82 Å². The van der Waals surface area contributed by atoms with Crippen LogP contribution in [0.4, 0.5) is 4.39 Å². The molecule has 0 saturated carbocycles. The molecule has 1 atom stereocenters. The number of hydrogen-bond acceptors (Lipinski definition) is 4. The van der Waals surface area contributed by atoms with Gasteiger partial charge in [-0.15, -0.1) is 0 Å². The second-order valence-electron chi connectivity index (χ2n) is 7.95.